The van der Waals surface area contributed by atoms with Crippen LogP contribution in [-0.2, 0) is 18.1 Å². The Morgan fingerprint density at radius 1 is 0.366 bits per heavy atom. The van der Waals surface area contributed by atoms with Crippen LogP contribution in [0.25, 0.3) is 0 Å². The molecule has 0 N–H and O–H groups in total. The van der Waals surface area contributed by atoms with Gasteiger partial charge < -0.3 is 0 Å². The molecule has 0 rings (SSSR count). The van der Waals surface area contributed by atoms with E-state index in [0.717, 1.165) is 0 Å². The Labute approximate surface area is 212 Å². The molecule has 0 spiro atoms. The van der Waals surface area contributed by atoms with Gasteiger partial charge in [-0.3, -0.25) is 13.6 Å². The van der Waals surface area contributed by atoms with Crippen LogP contribution in [0.5, 0.6) is 0 Å². The summed E-state index contributed by atoms with van der Waals surface area (Å²) < 4.78 is 289. The van der Waals surface area contributed by atoms with E-state index < -0.39 is 101 Å². The minimum atomic E-state index is -6.96. The van der Waals surface area contributed by atoms with Gasteiger partial charge in [0.25, 0.3) is 0 Å². The van der Waals surface area contributed by atoms with Crippen LogP contribution in [0.2, 0.25) is 0 Å². The van der Waals surface area contributed by atoms with E-state index in [-0.39, 0.29) is 0 Å². The van der Waals surface area contributed by atoms with E-state index in [0.29, 0.717) is 0 Å². The Kier molecular flexibility index (Phi) is 11.6. The molecule has 0 aromatic rings. The van der Waals surface area contributed by atoms with Crippen LogP contribution in [0.4, 0.5) is 92.2 Å². The molecule has 0 bridgehead atoms. The van der Waals surface area contributed by atoms with Crippen molar-refractivity contribution in [2.75, 3.05) is 19.8 Å². The first-order chi connectivity index (χ1) is 17.6. The largest absolute Gasteiger partial charge is 0.474 e. The monoisotopic (exact) mass is 686 g/mol. The quantitative estimate of drug-likeness (QED) is 0.128. The standard InChI is InChI=1S/C15H12F21O4P/c16-7(17,10(22,23)13(28,29)30)1-4-38-41(37,39-5-2-8(18,19)11(24,25)14(31,32)33)40-6-3-9(20,21)12(26,27)15(34,35)36/h1-6H2. The minimum absolute atomic E-state index is 2.43. The van der Waals surface area contributed by atoms with Gasteiger partial charge in [0.2, 0.25) is 0 Å². The van der Waals surface area contributed by atoms with Crippen molar-refractivity contribution in [2.45, 2.75) is 73.3 Å². The van der Waals surface area contributed by atoms with Gasteiger partial charge in [0, 0.05) is 19.3 Å². The van der Waals surface area contributed by atoms with Crippen LogP contribution in [-0.4, -0.2) is 73.9 Å². The molecule has 0 aliphatic carbocycles. The zero-order valence-corrected chi connectivity index (χ0v) is 19.7. The molecule has 248 valence electrons. The van der Waals surface area contributed by atoms with E-state index >= 15 is 0 Å². The van der Waals surface area contributed by atoms with Gasteiger partial charge in [-0.25, -0.2) is 4.57 Å². The lowest BCUT2D eigenvalue weighted by Gasteiger charge is -2.30. The van der Waals surface area contributed by atoms with Gasteiger partial charge >= 0.3 is 61.9 Å². The Morgan fingerprint density at radius 2 is 0.537 bits per heavy atom. The second kappa shape index (κ2) is 12.0. The van der Waals surface area contributed by atoms with Crippen LogP contribution in [0, 0.1) is 0 Å². The van der Waals surface area contributed by atoms with E-state index in [1.165, 1.54) is 0 Å². The molecule has 0 radical (unpaired) electrons. The average molecular weight is 686 g/mol. The lowest BCUT2D eigenvalue weighted by Crippen LogP contribution is -2.52. The molecule has 4 nitrogen and oxygen atoms in total. The zero-order chi connectivity index (χ0) is 33.4. The molecule has 0 aromatic heterocycles. The van der Waals surface area contributed by atoms with Crippen LogP contribution < -0.4 is 0 Å². The molecule has 0 saturated heterocycles. The van der Waals surface area contributed by atoms with Crippen molar-refractivity contribution in [3.8, 4) is 0 Å². The maximum absolute atomic E-state index is 13.3. The smallest absolute Gasteiger partial charge is 0.287 e. The highest BCUT2D eigenvalue weighted by Gasteiger charge is 2.74. The molecule has 0 heterocycles. The molecule has 26 heteroatoms. The molecule has 0 amide bonds. The Bertz CT molecular complexity index is 792. The van der Waals surface area contributed by atoms with Crippen molar-refractivity contribution in [2.24, 2.45) is 0 Å². The van der Waals surface area contributed by atoms with Gasteiger partial charge in [0.05, 0.1) is 19.8 Å². The summed E-state index contributed by atoms with van der Waals surface area (Å²) in [6.07, 6.45) is -29.5. The molecule has 0 aromatic carbocycles. The first-order valence-electron chi connectivity index (χ1n) is 9.63. The molecule has 0 fully saturated rings. The molecular weight excluding hydrogens is 674 g/mol. The number of halogens is 21. The number of rotatable bonds is 15. The molecule has 0 atom stereocenters. The Balaban J connectivity index is 5.83. The van der Waals surface area contributed by atoms with Crippen LogP contribution in [0.15, 0.2) is 0 Å². The summed E-state index contributed by atoms with van der Waals surface area (Å²) in [4.78, 5) is 0. The first-order valence-corrected chi connectivity index (χ1v) is 11.1. The molecule has 0 aliphatic rings. The molecule has 0 saturated carbocycles. The molecular formula is C15H12F21O4P. The van der Waals surface area contributed by atoms with Crippen molar-refractivity contribution in [3.05, 3.63) is 0 Å². The maximum Gasteiger partial charge on any atom is 0.474 e. The average Bonchev–Trinajstić information content (AvgIpc) is 2.70. The van der Waals surface area contributed by atoms with E-state index in [9.17, 15) is 96.8 Å². The van der Waals surface area contributed by atoms with Gasteiger partial charge in [0.1, 0.15) is 0 Å². The number of phosphoric acid groups is 1. The molecule has 41 heavy (non-hydrogen) atoms. The van der Waals surface area contributed by atoms with Crippen LogP contribution in [0.1, 0.15) is 19.3 Å². The second-order valence-electron chi connectivity index (χ2n) is 7.53. The SMILES string of the molecule is O=P(OCCC(F)(F)C(F)(F)C(F)(F)F)(OCCC(F)(F)C(F)(F)C(F)(F)F)OCCC(F)(F)C(F)(F)C(F)(F)F. The lowest BCUT2D eigenvalue weighted by molar-refractivity contribution is -0.356. The topological polar surface area (TPSA) is 44.8 Å². The van der Waals surface area contributed by atoms with Crippen molar-refractivity contribution in [3.63, 3.8) is 0 Å². The van der Waals surface area contributed by atoms with E-state index in [4.69, 9.17) is 0 Å². The Hall–Kier alpha value is -1.36. The summed E-state index contributed by atoms with van der Waals surface area (Å²) in [7, 11) is -6.33. The number of hydrogen-bond donors (Lipinski definition) is 0. The van der Waals surface area contributed by atoms with Crippen molar-refractivity contribution in [1.29, 1.82) is 0 Å². The summed E-state index contributed by atoms with van der Waals surface area (Å²) in [6, 6.07) is 0. The summed E-state index contributed by atoms with van der Waals surface area (Å²) in [5, 5.41) is 0. The van der Waals surface area contributed by atoms with Gasteiger partial charge in [0.15, 0.2) is 0 Å². The third-order valence-electron chi connectivity index (χ3n) is 4.44. The molecule has 0 unspecified atom stereocenters. The van der Waals surface area contributed by atoms with Crippen LogP contribution in [0.3, 0.4) is 0 Å². The third kappa shape index (κ3) is 8.83. The zero-order valence-electron chi connectivity index (χ0n) is 18.8. The predicted octanol–water partition coefficient (Wildman–Crippen LogP) is 8.81. The summed E-state index contributed by atoms with van der Waals surface area (Å²) in [6.45, 7) is -7.29. The van der Waals surface area contributed by atoms with Crippen molar-refractivity contribution >= 4 is 7.82 Å². The fourth-order valence-corrected chi connectivity index (χ4v) is 3.23. The van der Waals surface area contributed by atoms with Gasteiger partial charge in [-0.05, 0) is 0 Å². The summed E-state index contributed by atoms with van der Waals surface area (Å²) >= 11 is 0. The fraction of sp³-hybridized carbons (Fsp3) is 1.00. The second-order valence-corrected chi connectivity index (χ2v) is 9.20. The first kappa shape index (κ1) is 39.6. The predicted molar refractivity (Wildman–Crippen MR) is 87.2 cm³/mol. The van der Waals surface area contributed by atoms with Gasteiger partial charge in [-0.2, -0.15) is 92.2 Å². The lowest BCUT2D eigenvalue weighted by atomic mass is 10.1. The van der Waals surface area contributed by atoms with E-state index in [2.05, 4.69) is 13.6 Å². The highest BCUT2D eigenvalue weighted by Crippen LogP contribution is 2.55. The maximum atomic E-state index is 13.3. The van der Waals surface area contributed by atoms with Gasteiger partial charge in [-0.15, -0.1) is 0 Å². The third-order valence-corrected chi connectivity index (χ3v) is 5.94. The summed E-state index contributed by atoms with van der Waals surface area (Å²) in [5.74, 6) is -39.2. The van der Waals surface area contributed by atoms with E-state index in [1.54, 1.807) is 0 Å². The highest BCUT2D eigenvalue weighted by molar-refractivity contribution is 7.48. The summed E-state index contributed by atoms with van der Waals surface area (Å²) in [5.41, 5.74) is 0. The number of phosphoric ester groups is 1. The van der Waals surface area contributed by atoms with Crippen LogP contribution >= 0.6 is 7.82 Å². The molecule has 0 aliphatic heterocycles. The number of hydrogen-bond acceptors (Lipinski definition) is 4. The number of alkyl halides is 21. The minimum Gasteiger partial charge on any atom is -0.287 e. The normalized spacial score (nSPS) is 15.9. The van der Waals surface area contributed by atoms with Gasteiger partial charge in [-0.1, -0.05) is 0 Å². The highest BCUT2D eigenvalue weighted by atomic mass is 31.2. The van der Waals surface area contributed by atoms with Crippen molar-refractivity contribution < 1.29 is 110 Å². The van der Waals surface area contributed by atoms with E-state index in [1.807, 2.05) is 0 Å². The fourth-order valence-electron chi connectivity index (χ4n) is 2.06. The Morgan fingerprint density at radius 3 is 0.683 bits per heavy atom. The van der Waals surface area contributed by atoms with Crippen molar-refractivity contribution in [1.82, 2.24) is 0 Å².